The van der Waals surface area contributed by atoms with Gasteiger partial charge in [-0.05, 0) is 89.8 Å². The molecule has 0 amide bonds. The number of fused-ring (bicyclic) bond motifs is 1. The zero-order valence-corrected chi connectivity index (χ0v) is 16.8. The van der Waals surface area contributed by atoms with Gasteiger partial charge in [0.2, 0.25) is 0 Å². The predicted molar refractivity (Wildman–Crippen MR) is 99.1 cm³/mol. The summed E-state index contributed by atoms with van der Waals surface area (Å²) in [5.74, 6) is 6.73. The van der Waals surface area contributed by atoms with Crippen LogP contribution in [0.15, 0.2) is 0 Å². The van der Waals surface area contributed by atoms with Crippen LogP contribution in [0.25, 0.3) is 0 Å². The summed E-state index contributed by atoms with van der Waals surface area (Å²) in [5, 5.41) is 0. The van der Waals surface area contributed by atoms with Crippen molar-refractivity contribution >= 4 is 0 Å². The third kappa shape index (κ3) is 1.61. The normalized spacial score (nSPS) is 57.4. The fourth-order valence-corrected chi connectivity index (χ4v) is 10.2. The third-order valence-corrected chi connectivity index (χ3v) is 9.89. The van der Waals surface area contributed by atoms with Crippen LogP contribution in [0.1, 0.15) is 87.0 Å². The van der Waals surface area contributed by atoms with Gasteiger partial charge < -0.3 is 0 Å². The standard InChI is InChI=1S/C23H40/c1-14(2)20-21(6,7)22-13-18(9-8-16(22)4)12-19-11-15(3)10-17(5)23(19,20)22/h14-20H,8-13H2,1-7H3. The van der Waals surface area contributed by atoms with E-state index in [1.165, 1.54) is 25.7 Å². The SMILES string of the molecule is CC1CC(C)C23C(C1)CC1CCC(C)C2(C1)C(C)(C)C3C(C)C. The summed E-state index contributed by atoms with van der Waals surface area (Å²) in [4.78, 5) is 0. The minimum atomic E-state index is 0.548. The van der Waals surface area contributed by atoms with E-state index in [9.17, 15) is 0 Å². The number of rotatable bonds is 1. The van der Waals surface area contributed by atoms with E-state index in [0.717, 1.165) is 41.4 Å². The van der Waals surface area contributed by atoms with Gasteiger partial charge in [-0.3, -0.25) is 0 Å². The number of hydrogen-bond donors (Lipinski definition) is 0. The molecule has 0 saturated heterocycles. The first-order valence-corrected chi connectivity index (χ1v) is 10.7. The van der Waals surface area contributed by atoms with E-state index in [-0.39, 0.29) is 0 Å². The van der Waals surface area contributed by atoms with Crippen molar-refractivity contribution < 1.29 is 0 Å². The molecule has 0 N–H and O–H groups in total. The number of hydrogen-bond acceptors (Lipinski definition) is 0. The molecule has 0 radical (unpaired) electrons. The van der Waals surface area contributed by atoms with Gasteiger partial charge in [-0.1, -0.05) is 54.9 Å². The smallest absolute Gasteiger partial charge is 0.0143 e. The lowest BCUT2D eigenvalue weighted by Crippen LogP contribution is -2.81. The molecular formula is C23H40. The van der Waals surface area contributed by atoms with Gasteiger partial charge in [0.15, 0.2) is 0 Å². The average molecular weight is 317 g/mol. The van der Waals surface area contributed by atoms with E-state index in [1.54, 1.807) is 12.8 Å². The van der Waals surface area contributed by atoms with E-state index in [2.05, 4.69) is 48.5 Å². The molecule has 2 bridgehead atoms. The molecule has 4 fully saturated rings. The molecular weight excluding hydrogens is 276 g/mol. The van der Waals surface area contributed by atoms with Crippen LogP contribution in [0.4, 0.5) is 0 Å². The van der Waals surface area contributed by atoms with Gasteiger partial charge in [-0.2, -0.15) is 0 Å². The summed E-state index contributed by atoms with van der Waals surface area (Å²) in [5.41, 5.74) is 1.88. The first-order valence-electron chi connectivity index (χ1n) is 10.7. The Morgan fingerprint density at radius 2 is 1.57 bits per heavy atom. The van der Waals surface area contributed by atoms with Crippen LogP contribution in [0.2, 0.25) is 0 Å². The quantitative estimate of drug-likeness (QED) is 0.499. The molecule has 0 heteroatoms. The van der Waals surface area contributed by atoms with Crippen molar-refractivity contribution in [2.75, 3.05) is 0 Å². The molecule has 0 aromatic rings. The van der Waals surface area contributed by atoms with Crippen LogP contribution in [-0.4, -0.2) is 0 Å². The van der Waals surface area contributed by atoms with Gasteiger partial charge in [-0.15, -0.1) is 0 Å². The highest BCUT2D eigenvalue weighted by Crippen LogP contribution is 2.87. The van der Waals surface area contributed by atoms with E-state index in [0.29, 0.717) is 16.2 Å². The van der Waals surface area contributed by atoms with Crippen molar-refractivity contribution in [2.45, 2.75) is 87.0 Å². The van der Waals surface area contributed by atoms with Gasteiger partial charge in [-0.25, -0.2) is 0 Å². The Morgan fingerprint density at radius 3 is 2.22 bits per heavy atom. The summed E-state index contributed by atoms with van der Waals surface area (Å²) in [7, 11) is 0. The lowest BCUT2D eigenvalue weighted by Gasteiger charge is -2.86. The minimum Gasteiger partial charge on any atom is -0.0625 e. The Morgan fingerprint density at radius 1 is 0.870 bits per heavy atom. The first kappa shape index (κ1) is 16.5. The molecule has 0 aromatic carbocycles. The molecule has 4 aliphatic carbocycles. The molecule has 2 spiro atoms. The molecule has 4 saturated carbocycles. The molecule has 0 nitrogen and oxygen atoms in total. The summed E-state index contributed by atoms with van der Waals surface area (Å²) in [6, 6.07) is 0. The maximum atomic E-state index is 2.68. The van der Waals surface area contributed by atoms with Crippen LogP contribution in [0.5, 0.6) is 0 Å². The Bertz CT molecular complexity index is 488. The Hall–Kier alpha value is 0. The molecule has 8 atom stereocenters. The highest BCUT2D eigenvalue weighted by molar-refractivity contribution is 5.29. The maximum absolute atomic E-state index is 2.68. The van der Waals surface area contributed by atoms with Crippen LogP contribution in [0, 0.1) is 57.7 Å². The van der Waals surface area contributed by atoms with Crippen molar-refractivity contribution in [1.29, 1.82) is 0 Å². The van der Waals surface area contributed by atoms with E-state index >= 15 is 0 Å². The predicted octanol–water partition coefficient (Wildman–Crippen LogP) is 6.79. The topological polar surface area (TPSA) is 0 Å². The van der Waals surface area contributed by atoms with Crippen LogP contribution >= 0.6 is 0 Å². The first-order chi connectivity index (χ1) is 10.7. The molecule has 4 rings (SSSR count). The van der Waals surface area contributed by atoms with E-state index in [1.807, 2.05) is 0 Å². The van der Waals surface area contributed by atoms with Crippen LogP contribution in [0.3, 0.4) is 0 Å². The molecule has 132 valence electrons. The maximum Gasteiger partial charge on any atom is -0.0143 e. The highest BCUT2D eigenvalue weighted by atomic mass is 14.9. The molecule has 0 aromatic heterocycles. The zero-order valence-electron chi connectivity index (χ0n) is 16.8. The van der Waals surface area contributed by atoms with Crippen LogP contribution in [-0.2, 0) is 0 Å². The van der Waals surface area contributed by atoms with Gasteiger partial charge >= 0.3 is 0 Å². The fourth-order valence-electron chi connectivity index (χ4n) is 10.2. The summed E-state index contributed by atoms with van der Waals surface area (Å²) >= 11 is 0. The van der Waals surface area contributed by atoms with Gasteiger partial charge in [0.25, 0.3) is 0 Å². The second-order valence-electron chi connectivity index (χ2n) is 11.3. The van der Waals surface area contributed by atoms with Crippen molar-refractivity contribution in [1.82, 2.24) is 0 Å². The third-order valence-electron chi connectivity index (χ3n) is 9.89. The molecule has 0 heterocycles. The monoisotopic (exact) mass is 316 g/mol. The molecule has 23 heavy (non-hydrogen) atoms. The summed E-state index contributed by atoms with van der Waals surface area (Å²) < 4.78 is 0. The van der Waals surface area contributed by atoms with E-state index in [4.69, 9.17) is 0 Å². The highest BCUT2D eigenvalue weighted by Gasteiger charge is 2.82. The van der Waals surface area contributed by atoms with Crippen molar-refractivity contribution in [3.8, 4) is 0 Å². The van der Waals surface area contributed by atoms with Gasteiger partial charge in [0.1, 0.15) is 0 Å². The largest absolute Gasteiger partial charge is 0.0625 e. The molecule has 8 unspecified atom stereocenters. The van der Waals surface area contributed by atoms with E-state index < -0.39 is 0 Å². The second-order valence-corrected chi connectivity index (χ2v) is 11.3. The Balaban J connectivity index is 1.91. The zero-order chi connectivity index (χ0) is 16.8. The molecule has 0 aliphatic heterocycles. The average Bonchev–Trinajstić information content (AvgIpc) is 2.43. The van der Waals surface area contributed by atoms with Gasteiger partial charge in [0, 0.05) is 0 Å². The van der Waals surface area contributed by atoms with Crippen molar-refractivity contribution in [3.63, 3.8) is 0 Å². The van der Waals surface area contributed by atoms with Crippen LogP contribution < -0.4 is 0 Å². The van der Waals surface area contributed by atoms with Crippen molar-refractivity contribution in [2.24, 2.45) is 57.7 Å². The summed E-state index contributed by atoms with van der Waals surface area (Å²) in [6.07, 6.45) is 9.21. The Labute approximate surface area is 145 Å². The lowest BCUT2D eigenvalue weighted by molar-refractivity contribution is -0.388. The van der Waals surface area contributed by atoms with Gasteiger partial charge in [0.05, 0.1) is 0 Å². The lowest BCUT2D eigenvalue weighted by atomic mass is 9.18. The minimum absolute atomic E-state index is 0.548. The van der Waals surface area contributed by atoms with Crippen molar-refractivity contribution in [3.05, 3.63) is 0 Å². The molecule has 4 aliphatic rings. The second kappa shape index (κ2) is 4.79. The fraction of sp³-hybridized carbons (Fsp3) is 1.00. The Kier molecular flexibility index (Phi) is 3.43. The summed E-state index contributed by atoms with van der Waals surface area (Å²) in [6.45, 7) is 18.3.